The molecule has 129 heavy (non-hydrogen) atoms. The molecular formula is C107H168N12O10. The summed E-state index contributed by atoms with van der Waals surface area (Å²) in [5.74, 6) is 2.62. The lowest BCUT2D eigenvalue weighted by Gasteiger charge is -2.44. The molecule has 0 aliphatic carbocycles. The Hall–Kier alpha value is -6.33. The molecular weight excluding hydrogens is 1610 g/mol. The van der Waals surface area contributed by atoms with Gasteiger partial charge in [-0.15, -0.1) is 0 Å². The number of likely N-dealkylation sites (tertiary alicyclic amines) is 7. The molecule has 12 aliphatic heterocycles. The van der Waals surface area contributed by atoms with Gasteiger partial charge >= 0.3 is 0 Å². The molecule has 0 spiro atoms. The van der Waals surface area contributed by atoms with E-state index in [4.69, 9.17) is 33.2 Å². The molecule has 12 aliphatic rings. The Morgan fingerprint density at radius 1 is 0.341 bits per heavy atom. The Kier molecular flexibility index (Phi) is 47.0. The molecule has 0 radical (unpaired) electrons. The first-order chi connectivity index (χ1) is 63.2. The van der Waals surface area contributed by atoms with Crippen molar-refractivity contribution in [3.8, 4) is 17.2 Å². The Morgan fingerprint density at radius 2 is 0.643 bits per heavy atom. The molecule has 22 heteroatoms. The molecule has 12 saturated heterocycles. The van der Waals surface area contributed by atoms with Crippen molar-refractivity contribution in [2.45, 2.75) is 204 Å². The van der Waals surface area contributed by atoms with Gasteiger partial charge in [0.05, 0.1) is 60.0 Å². The fraction of sp³-hybridized carbons (Fsp3) is 0.654. The van der Waals surface area contributed by atoms with Gasteiger partial charge in [-0.3, -0.25) is 19.5 Å². The van der Waals surface area contributed by atoms with Gasteiger partial charge in [0.1, 0.15) is 35.7 Å². The number of epoxide rings is 2. The molecule has 6 aromatic rings. The van der Waals surface area contributed by atoms with Gasteiger partial charge in [-0.2, -0.15) is 0 Å². The monoisotopic (exact) mass is 1780 g/mol. The zero-order valence-corrected chi connectivity index (χ0v) is 80.7. The van der Waals surface area contributed by atoms with Crippen LogP contribution in [0.5, 0.6) is 17.2 Å². The van der Waals surface area contributed by atoms with Gasteiger partial charge in [0.25, 0.3) is 0 Å². The van der Waals surface area contributed by atoms with E-state index in [2.05, 4.69) is 146 Å². The highest BCUT2D eigenvalue weighted by molar-refractivity contribution is 5.74. The van der Waals surface area contributed by atoms with Crippen LogP contribution < -0.4 is 24.8 Å². The Labute approximate surface area is 778 Å². The highest BCUT2D eigenvalue weighted by atomic mass is 16.6. The standard InChI is InChI=1S/C26H44N4O2.2C19H30N2O2.C10H20N2.2C9H10O.C8H8O.C7H16N2O/c1-31-21-20-27-16-18-30(19-17-27)26(23-6-8-25(32-2)9-7-23)22-28-14-10-24(11-15-28)29-12-4-3-5-13-29;2*1-23-18-7-5-16(6-8-18)19(22)15-20-13-9-17(10-14-20)21-11-3-2-4-12-21;1-2-8-12(9-3-1)10-4-6-11-7-5-10;2*1-7-2-4-8(5-3-7)9-6-10-9;1-7-2-4-8(6-9)5-3-7;1-10-7-6-9-4-2-8-3-5-9/h6-9,24,26H,3-5,10-22H2,1-2H3;2*5-8,17,19,22H,2-4,9-15H2,1H3;10-11H,1-9H2;2*2-5,9H,6H2,1H3;2-6H,1H3;8H,2-7H2,1H3. The van der Waals surface area contributed by atoms with Crippen LogP contribution in [0.4, 0.5) is 0 Å². The van der Waals surface area contributed by atoms with Crippen molar-refractivity contribution in [1.29, 1.82) is 0 Å². The van der Waals surface area contributed by atoms with E-state index < -0.39 is 12.2 Å². The number of aldehydes is 1. The third-order valence-corrected chi connectivity index (χ3v) is 28.5. The Bertz CT molecular complexity index is 3700. The average Bonchev–Trinajstić information content (AvgIpc) is 1.81. The van der Waals surface area contributed by atoms with Crippen LogP contribution in [0.3, 0.4) is 0 Å². The van der Waals surface area contributed by atoms with Crippen molar-refractivity contribution in [1.82, 2.24) is 59.6 Å². The zero-order chi connectivity index (χ0) is 90.4. The topological polar surface area (TPSA) is 185 Å². The number of methoxy groups -OCH3 is 5. The summed E-state index contributed by atoms with van der Waals surface area (Å²) in [5, 5.41) is 27.7. The van der Waals surface area contributed by atoms with E-state index in [1.165, 1.54) is 253 Å². The van der Waals surface area contributed by atoms with Crippen LogP contribution in [-0.4, -0.2) is 341 Å². The Balaban J connectivity index is 0.000000149. The number of nitrogens with one attached hydrogen (secondary N) is 2. The third kappa shape index (κ3) is 37.5. The minimum absolute atomic E-state index is 0.403. The molecule has 5 atom stereocenters. The van der Waals surface area contributed by atoms with Crippen molar-refractivity contribution in [3.05, 3.63) is 196 Å². The number of piperazine rings is 2. The normalized spacial score (nSPS) is 22.6. The molecule has 716 valence electrons. The number of carbonyl (C=O) groups excluding carboxylic acids is 1. The fourth-order valence-electron chi connectivity index (χ4n) is 19.9. The van der Waals surface area contributed by atoms with Crippen molar-refractivity contribution in [3.63, 3.8) is 0 Å². The molecule has 18 rings (SSSR count). The number of ether oxygens (including phenoxy) is 7. The van der Waals surface area contributed by atoms with Crippen LogP contribution in [0.2, 0.25) is 0 Å². The van der Waals surface area contributed by atoms with Crippen molar-refractivity contribution < 1.29 is 48.2 Å². The smallest absolute Gasteiger partial charge is 0.150 e. The number of aliphatic hydroxyl groups excluding tert-OH is 2. The summed E-state index contributed by atoms with van der Waals surface area (Å²) >= 11 is 0. The number of hydrogen-bond donors (Lipinski definition) is 4. The molecule has 12 heterocycles. The van der Waals surface area contributed by atoms with Gasteiger partial charge in [0, 0.05) is 135 Å². The summed E-state index contributed by atoms with van der Waals surface area (Å²) in [4.78, 5) is 36.2. The quantitative estimate of drug-likeness (QED) is 0.0297. The van der Waals surface area contributed by atoms with Gasteiger partial charge in [-0.05, 0) is 292 Å². The van der Waals surface area contributed by atoms with Crippen LogP contribution >= 0.6 is 0 Å². The SMILES string of the molecule is C1CCN(C2CCNCC2)CC1.COCCN1CCN(C(CN2CCC(N3CCCCC3)CC2)c2ccc(OC)cc2)CC1.COCCN1CCNCC1.COc1ccc(C(O)CN2CCC(N3CCCCC3)CC2)cc1.COc1ccc(C(O)CN2CCC(N3CCCCC3)CC2)cc1.Cc1ccc(C2CO2)cc1.Cc1ccc(C2CO2)cc1.Cc1ccc(C=O)cc1. The number of aryl methyl sites for hydroxylation is 3. The van der Waals surface area contributed by atoms with E-state index in [1.54, 1.807) is 35.5 Å². The second-order valence-corrected chi connectivity index (χ2v) is 37.8. The molecule has 0 amide bonds. The highest BCUT2D eigenvalue weighted by Crippen LogP contribution is 2.34. The van der Waals surface area contributed by atoms with Gasteiger partial charge in [0.2, 0.25) is 0 Å². The van der Waals surface area contributed by atoms with E-state index >= 15 is 0 Å². The number of nitrogens with zero attached hydrogens (tertiary/aromatic N) is 10. The van der Waals surface area contributed by atoms with Gasteiger partial charge < -0.3 is 88.3 Å². The number of aliphatic hydroxyl groups is 2. The van der Waals surface area contributed by atoms with Crippen molar-refractivity contribution in [2.75, 3.05) is 252 Å². The first-order valence-electron chi connectivity index (χ1n) is 50.1. The zero-order valence-electron chi connectivity index (χ0n) is 80.7. The van der Waals surface area contributed by atoms with Gasteiger partial charge in [-0.25, -0.2) is 0 Å². The maximum atomic E-state index is 10.5. The van der Waals surface area contributed by atoms with Crippen molar-refractivity contribution in [2.24, 2.45) is 0 Å². The summed E-state index contributed by atoms with van der Waals surface area (Å²) < 4.78 is 36.3. The van der Waals surface area contributed by atoms with E-state index in [9.17, 15) is 15.0 Å². The average molecular weight is 1780 g/mol. The number of benzene rings is 6. The van der Waals surface area contributed by atoms with Crippen LogP contribution in [0.1, 0.15) is 214 Å². The largest absolute Gasteiger partial charge is 0.497 e. The van der Waals surface area contributed by atoms with Crippen LogP contribution in [0.25, 0.3) is 0 Å². The molecule has 6 aromatic carbocycles. The summed E-state index contributed by atoms with van der Waals surface area (Å²) in [6.07, 6.45) is 28.1. The minimum Gasteiger partial charge on any atom is -0.497 e. The molecule has 0 bridgehead atoms. The lowest BCUT2D eigenvalue weighted by molar-refractivity contribution is 0.0445. The Morgan fingerprint density at radius 3 is 0.961 bits per heavy atom. The van der Waals surface area contributed by atoms with Crippen LogP contribution in [0, 0.1) is 20.8 Å². The summed E-state index contributed by atoms with van der Waals surface area (Å²) in [5.41, 5.74) is 10.5. The summed E-state index contributed by atoms with van der Waals surface area (Å²) in [6.45, 7) is 43.5. The predicted octanol–water partition coefficient (Wildman–Crippen LogP) is 15.0. The molecule has 4 N–H and O–H groups in total. The van der Waals surface area contributed by atoms with Gasteiger partial charge in [-0.1, -0.05) is 152 Å². The number of rotatable bonds is 26. The maximum absolute atomic E-state index is 10.5. The maximum Gasteiger partial charge on any atom is 0.150 e. The van der Waals surface area contributed by atoms with Gasteiger partial charge in [0.15, 0.2) is 0 Å². The predicted molar refractivity (Wildman–Crippen MR) is 525 cm³/mol. The number of β-amino-alcohol motifs (C(OH)–C–C–N with tert-alkyl or cyclic N) is 2. The van der Waals surface area contributed by atoms with E-state index in [0.29, 0.717) is 18.2 Å². The molecule has 5 unspecified atom stereocenters. The molecule has 0 aromatic heterocycles. The lowest BCUT2D eigenvalue weighted by Crippen LogP contribution is -2.52. The number of hydrogen-bond acceptors (Lipinski definition) is 22. The second kappa shape index (κ2) is 58.7. The second-order valence-electron chi connectivity index (χ2n) is 37.8. The number of carbonyl (C=O) groups is 1. The number of piperidine rings is 8. The molecule has 0 saturated carbocycles. The summed E-state index contributed by atoms with van der Waals surface area (Å²) in [7, 11) is 8.63. The van der Waals surface area contributed by atoms with Crippen LogP contribution in [0.15, 0.2) is 146 Å². The lowest BCUT2D eigenvalue weighted by atomic mass is 9.98. The first kappa shape index (κ1) is 103. The fourth-order valence-corrected chi connectivity index (χ4v) is 19.9. The highest BCUT2D eigenvalue weighted by Gasteiger charge is 2.34. The van der Waals surface area contributed by atoms with E-state index in [0.717, 1.165) is 189 Å². The van der Waals surface area contributed by atoms with Crippen molar-refractivity contribution >= 4 is 6.29 Å². The van der Waals surface area contributed by atoms with E-state index in [1.807, 2.05) is 79.7 Å². The first-order valence-corrected chi connectivity index (χ1v) is 50.1. The summed E-state index contributed by atoms with van der Waals surface area (Å²) in [6, 6.07) is 52.5. The van der Waals surface area contributed by atoms with E-state index in [-0.39, 0.29) is 0 Å². The molecule has 22 nitrogen and oxygen atoms in total. The molecule has 12 fully saturated rings. The minimum atomic E-state index is -0.410. The van der Waals surface area contributed by atoms with Crippen LogP contribution in [-0.2, 0) is 18.9 Å². The third-order valence-electron chi connectivity index (χ3n) is 28.5.